The van der Waals surface area contributed by atoms with Gasteiger partial charge in [-0.15, -0.1) is 0 Å². The molecular formula is C10H7NO2S2. The van der Waals surface area contributed by atoms with Crippen molar-refractivity contribution in [3.63, 3.8) is 0 Å². The van der Waals surface area contributed by atoms with Gasteiger partial charge in [0.2, 0.25) is 0 Å². The Balaban J connectivity index is 2.14. The van der Waals surface area contributed by atoms with Gasteiger partial charge in [0.25, 0.3) is 5.69 Å². The quantitative estimate of drug-likeness (QED) is 0.602. The van der Waals surface area contributed by atoms with Crippen LogP contribution in [0.15, 0.2) is 50.9 Å². The van der Waals surface area contributed by atoms with Gasteiger partial charge in [-0.2, -0.15) is 11.3 Å². The maximum Gasteiger partial charge on any atom is 0.269 e. The highest BCUT2D eigenvalue weighted by molar-refractivity contribution is 7.99. The molecule has 1 aromatic heterocycles. The minimum absolute atomic E-state index is 0.129. The molecule has 5 heteroatoms. The number of thiophene rings is 1. The average Bonchev–Trinajstić information content (AvgIpc) is 2.71. The van der Waals surface area contributed by atoms with Gasteiger partial charge in [0.05, 0.1) is 4.92 Å². The molecule has 0 radical (unpaired) electrons. The van der Waals surface area contributed by atoms with Crippen LogP contribution in [-0.4, -0.2) is 4.92 Å². The molecule has 3 nitrogen and oxygen atoms in total. The van der Waals surface area contributed by atoms with E-state index in [0.29, 0.717) is 0 Å². The van der Waals surface area contributed by atoms with Crippen molar-refractivity contribution in [2.75, 3.05) is 0 Å². The van der Waals surface area contributed by atoms with Crippen LogP contribution >= 0.6 is 23.1 Å². The third kappa shape index (κ3) is 2.57. The second kappa shape index (κ2) is 4.46. The summed E-state index contributed by atoms with van der Waals surface area (Å²) in [6.45, 7) is 0. The minimum atomic E-state index is -0.390. The summed E-state index contributed by atoms with van der Waals surface area (Å²) in [4.78, 5) is 12.2. The second-order valence-electron chi connectivity index (χ2n) is 2.81. The molecular weight excluding hydrogens is 230 g/mol. The molecule has 0 fully saturated rings. The molecule has 76 valence electrons. The van der Waals surface area contributed by atoms with E-state index in [-0.39, 0.29) is 10.6 Å². The largest absolute Gasteiger partial charge is 0.269 e. The van der Waals surface area contributed by atoms with Crippen LogP contribution in [0.1, 0.15) is 0 Å². The van der Waals surface area contributed by atoms with E-state index in [1.165, 1.54) is 12.1 Å². The lowest BCUT2D eigenvalue weighted by Crippen LogP contribution is -1.86. The van der Waals surface area contributed by atoms with Crippen LogP contribution < -0.4 is 0 Å². The van der Waals surface area contributed by atoms with Gasteiger partial charge in [0.15, 0.2) is 0 Å². The van der Waals surface area contributed by atoms with Crippen LogP contribution in [0.2, 0.25) is 0 Å². The molecule has 0 aliphatic rings. The molecule has 0 bridgehead atoms. The van der Waals surface area contributed by atoms with Gasteiger partial charge in [-0.3, -0.25) is 10.1 Å². The van der Waals surface area contributed by atoms with Crippen LogP contribution in [0.3, 0.4) is 0 Å². The first-order valence-electron chi connectivity index (χ1n) is 4.20. The van der Waals surface area contributed by atoms with Gasteiger partial charge in [0, 0.05) is 27.3 Å². The zero-order valence-electron chi connectivity index (χ0n) is 7.62. The fraction of sp³-hybridized carbons (Fsp3) is 0. The zero-order chi connectivity index (χ0) is 10.7. The maximum atomic E-state index is 10.4. The van der Waals surface area contributed by atoms with Crippen molar-refractivity contribution in [2.45, 2.75) is 9.79 Å². The first-order chi connectivity index (χ1) is 7.25. The van der Waals surface area contributed by atoms with Gasteiger partial charge in [-0.25, -0.2) is 0 Å². The van der Waals surface area contributed by atoms with Gasteiger partial charge in [0.1, 0.15) is 0 Å². The second-order valence-corrected chi connectivity index (χ2v) is 4.74. The number of non-ortho nitro benzene ring substituents is 1. The summed E-state index contributed by atoms with van der Waals surface area (Å²) in [5.74, 6) is 0. The zero-order valence-corrected chi connectivity index (χ0v) is 9.25. The smallest absolute Gasteiger partial charge is 0.258 e. The van der Waals surface area contributed by atoms with Crippen LogP contribution in [0.25, 0.3) is 0 Å². The van der Waals surface area contributed by atoms with E-state index in [4.69, 9.17) is 0 Å². The van der Waals surface area contributed by atoms with E-state index in [1.807, 2.05) is 16.8 Å². The summed E-state index contributed by atoms with van der Waals surface area (Å²) in [5, 5.41) is 14.5. The van der Waals surface area contributed by atoms with Gasteiger partial charge >= 0.3 is 0 Å². The first kappa shape index (κ1) is 10.2. The molecule has 0 saturated carbocycles. The third-order valence-corrected chi connectivity index (χ3v) is 3.61. The Hall–Kier alpha value is -1.33. The van der Waals surface area contributed by atoms with Crippen LogP contribution in [-0.2, 0) is 0 Å². The van der Waals surface area contributed by atoms with E-state index in [9.17, 15) is 10.1 Å². The molecule has 0 spiro atoms. The summed E-state index contributed by atoms with van der Waals surface area (Å²) in [6, 6.07) is 8.60. The Morgan fingerprint density at radius 3 is 2.40 bits per heavy atom. The Morgan fingerprint density at radius 1 is 1.13 bits per heavy atom. The van der Waals surface area contributed by atoms with Gasteiger partial charge in [-0.05, 0) is 23.6 Å². The molecule has 0 amide bonds. The third-order valence-electron chi connectivity index (χ3n) is 1.78. The highest BCUT2D eigenvalue weighted by Gasteiger charge is 2.04. The standard InChI is InChI=1S/C10H7NO2S2/c12-11(13)8-1-3-9(4-2-8)15-10-5-6-14-7-10/h1-7H. The monoisotopic (exact) mass is 237 g/mol. The molecule has 2 rings (SSSR count). The SMILES string of the molecule is O=[N+]([O-])c1ccc(Sc2ccsc2)cc1. The van der Waals surface area contributed by atoms with Gasteiger partial charge < -0.3 is 0 Å². The summed E-state index contributed by atoms with van der Waals surface area (Å²) in [7, 11) is 0. The van der Waals surface area contributed by atoms with Crippen molar-refractivity contribution in [2.24, 2.45) is 0 Å². The average molecular weight is 237 g/mol. The minimum Gasteiger partial charge on any atom is -0.258 e. The Morgan fingerprint density at radius 2 is 1.87 bits per heavy atom. The summed E-state index contributed by atoms with van der Waals surface area (Å²) < 4.78 is 0. The van der Waals surface area contributed by atoms with E-state index in [0.717, 1.165) is 9.79 Å². The predicted molar refractivity (Wildman–Crippen MR) is 61.5 cm³/mol. The summed E-state index contributed by atoms with van der Waals surface area (Å²) in [6.07, 6.45) is 0. The number of benzene rings is 1. The van der Waals surface area contributed by atoms with Crippen molar-refractivity contribution < 1.29 is 4.92 Å². The highest BCUT2D eigenvalue weighted by atomic mass is 32.2. The number of hydrogen-bond acceptors (Lipinski definition) is 4. The molecule has 0 aliphatic carbocycles. The molecule has 0 N–H and O–H groups in total. The van der Waals surface area contributed by atoms with E-state index in [2.05, 4.69) is 0 Å². The lowest BCUT2D eigenvalue weighted by molar-refractivity contribution is -0.384. The Labute approximate surface area is 94.9 Å². The Bertz CT molecular complexity index is 451. The number of nitro benzene ring substituents is 1. The molecule has 1 aromatic carbocycles. The van der Waals surface area contributed by atoms with Crippen molar-refractivity contribution in [1.29, 1.82) is 0 Å². The molecule has 0 unspecified atom stereocenters. The summed E-state index contributed by atoms with van der Waals surface area (Å²) >= 11 is 3.24. The fourth-order valence-corrected chi connectivity index (χ4v) is 2.72. The first-order valence-corrected chi connectivity index (χ1v) is 5.96. The van der Waals surface area contributed by atoms with Crippen LogP contribution in [0.4, 0.5) is 5.69 Å². The lowest BCUT2D eigenvalue weighted by atomic mass is 10.3. The van der Waals surface area contributed by atoms with Crippen molar-refractivity contribution >= 4 is 28.8 Å². The number of rotatable bonds is 3. The molecule has 0 saturated heterocycles. The van der Waals surface area contributed by atoms with Crippen LogP contribution in [0.5, 0.6) is 0 Å². The summed E-state index contributed by atoms with van der Waals surface area (Å²) in [5.41, 5.74) is 0.129. The molecule has 0 atom stereocenters. The predicted octanol–water partition coefficient (Wildman–Crippen LogP) is 3.81. The molecule has 2 aromatic rings. The van der Waals surface area contributed by atoms with Crippen molar-refractivity contribution in [1.82, 2.24) is 0 Å². The number of nitro groups is 1. The lowest BCUT2D eigenvalue weighted by Gasteiger charge is -1.97. The topological polar surface area (TPSA) is 43.1 Å². The highest BCUT2D eigenvalue weighted by Crippen LogP contribution is 2.30. The Kier molecular flexibility index (Phi) is 3.03. The molecule has 0 aliphatic heterocycles. The fourth-order valence-electron chi connectivity index (χ4n) is 1.08. The van der Waals surface area contributed by atoms with E-state index < -0.39 is 0 Å². The molecule has 15 heavy (non-hydrogen) atoms. The van der Waals surface area contributed by atoms with E-state index >= 15 is 0 Å². The van der Waals surface area contributed by atoms with Crippen molar-refractivity contribution in [3.8, 4) is 0 Å². The van der Waals surface area contributed by atoms with Gasteiger partial charge in [-0.1, -0.05) is 11.8 Å². The maximum absolute atomic E-state index is 10.4. The number of nitrogens with zero attached hydrogens (tertiary/aromatic N) is 1. The van der Waals surface area contributed by atoms with Crippen LogP contribution in [0, 0.1) is 10.1 Å². The molecule has 1 heterocycles. The van der Waals surface area contributed by atoms with E-state index in [1.54, 1.807) is 35.2 Å². The number of hydrogen-bond donors (Lipinski definition) is 0. The van der Waals surface area contributed by atoms with Crippen molar-refractivity contribution in [3.05, 3.63) is 51.2 Å². The normalized spacial score (nSPS) is 10.1.